The maximum absolute atomic E-state index is 13.3. The number of fused-ring (bicyclic) bond motifs is 2. The highest BCUT2D eigenvalue weighted by molar-refractivity contribution is 6.00. The largest absolute Gasteiger partial charge is 0.454 e. The average Bonchev–Trinajstić information content (AvgIpc) is 3.38. The van der Waals surface area contributed by atoms with Crippen molar-refractivity contribution in [2.45, 2.75) is 32.7 Å². The van der Waals surface area contributed by atoms with E-state index >= 15 is 0 Å². The SMILES string of the molecule is CC1(C)CC(=O)C2=C(C1)Nc1nc(-c3ccncc3)nn1C2c1ccc2c(c1)OCO2. The lowest BCUT2D eigenvalue weighted by molar-refractivity contribution is -0.118. The number of ketones is 1. The molecule has 4 heterocycles. The number of anilines is 1. The van der Waals surface area contributed by atoms with Gasteiger partial charge in [0, 0.05) is 35.6 Å². The fourth-order valence-corrected chi connectivity index (χ4v) is 4.62. The molecule has 8 nitrogen and oxygen atoms in total. The van der Waals surface area contributed by atoms with Gasteiger partial charge in [0.2, 0.25) is 12.7 Å². The third-order valence-electron chi connectivity index (χ3n) is 5.98. The minimum atomic E-state index is -0.382. The molecule has 0 saturated heterocycles. The highest BCUT2D eigenvalue weighted by Crippen LogP contribution is 2.47. The number of pyridine rings is 1. The van der Waals surface area contributed by atoms with E-state index in [2.05, 4.69) is 24.1 Å². The van der Waals surface area contributed by atoms with Crippen LogP contribution in [-0.4, -0.2) is 32.3 Å². The number of benzene rings is 1. The van der Waals surface area contributed by atoms with Crippen molar-refractivity contribution in [2.24, 2.45) is 5.41 Å². The highest BCUT2D eigenvalue weighted by atomic mass is 16.7. The van der Waals surface area contributed by atoms with Crippen molar-refractivity contribution in [2.75, 3.05) is 12.1 Å². The molecule has 1 atom stereocenters. The molecule has 156 valence electrons. The van der Waals surface area contributed by atoms with Gasteiger partial charge >= 0.3 is 0 Å². The molecular weight excluding hydrogens is 394 g/mol. The maximum Gasteiger partial charge on any atom is 0.231 e. The van der Waals surface area contributed by atoms with E-state index in [4.69, 9.17) is 19.6 Å². The van der Waals surface area contributed by atoms with E-state index in [1.165, 1.54) is 0 Å². The highest BCUT2D eigenvalue weighted by Gasteiger charge is 2.42. The Balaban J connectivity index is 1.53. The summed E-state index contributed by atoms with van der Waals surface area (Å²) < 4.78 is 12.9. The third kappa shape index (κ3) is 2.90. The van der Waals surface area contributed by atoms with Crippen LogP contribution in [0.3, 0.4) is 0 Å². The second kappa shape index (κ2) is 6.41. The Labute approximate surface area is 178 Å². The van der Waals surface area contributed by atoms with E-state index in [0.29, 0.717) is 29.7 Å². The quantitative estimate of drug-likeness (QED) is 0.682. The standard InChI is InChI=1S/C23H21N5O3/c1-23(2)10-15-19(16(29)11-23)20(14-3-4-17-18(9-14)31-12-30-17)28-22(25-15)26-21(27-28)13-5-7-24-8-6-13/h3-9,20H,10-12H2,1-2H3,(H,25,26,27). The molecule has 2 aromatic heterocycles. The smallest absolute Gasteiger partial charge is 0.231 e. The van der Waals surface area contributed by atoms with Gasteiger partial charge in [-0.25, -0.2) is 4.68 Å². The number of carbonyl (C=O) groups is 1. The van der Waals surface area contributed by atoms with Gasteiger partial charge < -0.3 is 14.8 Å². The maximum atomic E-state index is 13.3. The Bertz CT molecular complexity index is 1250. The molecule has 0 fully saturated rings. The minimum absolute atomic E-state index is 0.113. The molecule has 3 aromatic rings. The minimum Gasteiger partial charge on any atom is -0.454 e. The van der Waals surface area contributed by atoms with Crippen molar-refractivity contribution in [3.8, 4) is 22.9 Å². The molecule has 1 aromatic carbocycles. The van der Waals surface area contributed by atoms with Crippen LogP contribution in [0.2, 0.25) is 0 Å². The van der Waals surface area contributed by atoms with Gasteiger partial charge in [0.25, 0.3) is 0 Å². The number of rotatable bonds is 2. The number of allylic oxidation sites excluding steroid dienone is 2. The predicted octanol–water partition coefficient (Wildman–Crippen LogP) is 3.73. The molecule has 2 aliphatic heterocycles. The Morgan fingerprint density at radius 3 is 2.74 bits per heavy atom. The molecule has 0 amide bonds. The van der Waals surface area contributed by atoms with Gasteiger partial charge in [0.05, 0.1) is 0 Å². The molecule has 3 aliphatic rings. The Morgan fingerprint density at radius 1 is 1.10 bits per heavy atom. The average molecular weight is 415 g/mol. The third-order valence-corrected chi connectivity index (χ3v) is 5.98. The van der Waals surface area contributed by atoms with Gasteiger partial charge in [0.15, 0.2) is 23.1 Å². The van der Waals surface area contributed by atoms with Crippen molar-refractivity contribution in [3.05, 3.63) is 59.6 Å². The fourth-order valence-electron chi connectivity index (χ4n) is 4.62. The summed E-state index contributed by atoms with van der Waals surface area (Å²) in [4.78, 5) is 22.1. The van der Waals surface area contributed by atoms with E-state index in [1.54, 1.807) is 12.4 Å². The molecule has 1 aliphatic carbocycles. The number of carbonyl (C=O) groups excluding carboxylic acids is 1. The molecular formula is C23H21N5O3. The topological polar surface area (TPSA) is 91.2 Å². The van der Waals surface area contributed by atoms with Gasteiger partial charge in [-0.05, 0) is 41.7 Å². The Hall–Kier alpha value is -3.68. The van der Waals surface area contributed by atoms with E-state index in [9.17, 15) is 4.79 Å². The van der Waals surface area contributed by atoms with Crippen molar-refractivity contribution in [1.82, 2.24) is 19.7 Å². The number of hydrogen-bond donors (Lipinski definition) is 1. The lowest BCUT2D eigenvalue weighted by Gasteiger charge is -2.38. The molecule has 0 bridgehead atoms. The summed E-state index contributed by atoms with van der Waals surface area (Å²) in [5, 5.41) is 8.19. The summed E-state index contributed by atoms with van der Waals surface area (Å²) in [6, 6.07) is 9.16. The second-order valence-electron chi connectivity index (χ2n) is 8.91. The zero-order chi connectivity index (χ0) is 21.2. The number of aromatic nitrogens is 4. The van der Waals surface area contributed by atoms with E-state index in [-0.39, 0.29) is 24.0 Å². The van der Waals surface area contributed by atoms with Crippen molar-refractivity contribution >= 4 is 11.7 Å². The van der Waals surface area contributed by atoms with Gasteiger partial charge in [0.1, 0.15) is 6.04 Å². The summed E-state index contributed by atoms with van der Waals surface area (Å²) in [6.45, 7) is 4.44. The summed E-state index contributed by atoms with van der Waals surface area (Å²) in [5.74, 6) is 2.73. The van der Waals surface area contributed by atoms with Gasteiger partial charge in [-0.1, -0.05) is 19.9 Å². The van der Waals surface area contributed by atoms with Crippen LogP contribution >= 0.6 is 0 Å². The van der Waals surface area contributed by atoms with E-state index in [0.717, 1.165) is 28.8 Å². The van der Waals surface area contributed by atoms with Gasteiger partial charge in [-0.15, -0.1) is 5.10 Å². The number of Topliss-reactive ketones (excluding diaryl/α,β-unsaturated/α-hetero) is 1. The number of nitrogens with zero attached hydrogens (tertiary/aromatic N) is 4. The first kappa shape index (κ1) is 18.1. The van der Waals surface area contributed by atoms with Crippen molar-refractivity contribution in [1.29, 1.82) is 0 Å². The monoisotopic (exact) mass is 415 g/mol. The summed E-state index contributed by atoms with van der Waals surface area (Å²) in [6.07, 6.45) is 4.70. The van der Waals surface area contributed by atoms with Crippen LogP contribution in [0.4, 0.5) is 5.95 Å². The van der Waals surface area contributed by atoms with Crippen LogP contribution in [0.5, 0.6) is 11.5 Å². The fraction of sp³-hybridized carbons (Fsp3) is 0.304. The molecule has 8 heteroatoms. The van der Waals surface area contributed by atoms with Crippen LogP contribution in [0.15, 0.2) is 54.0 Å². The predicted molar refractivity (Wildman–Crippen MR) is 113 cm³/mol. The lowest BCUT2D eigenvalue weighted by atomic mass is 9.73. The first-order chi connectivity index (χ1) is 15.0. The first-order valence-electron chi connectivity index (χ1n) is 10.3. The second-order valence-corrected chi connectivity index (χ2v) is 8.91. The van der Waals surface area contributed by atoms with E-state index < -0.39 is 0 Å². The molecule has 0 saturated carbocycles. The van der Waals surface area contributed by atoms with Crippen LogP contribution < -0.4 is 14.8 Å². The summed E-state index contributed by atoms with van der Waals surface area (Å²) in [7, 11) is 0. The molecule has 31 heavy (non-hydrogen) atoms. The Morgan fingerprint density at radius 2 is 1.90 bits per heavy atom. The Kier molecular flexibility index (Phi) is 3.74. The van der Waals surface area contributed by atoms with Gasteiger partial charge in [-0.2, -0.15) is 4.98 Å². The molecule has 0 spiro atoms. The number of nitrogens with one attached hydrogen (secondary N) is 1. The van der Waals surface area contributed by atoms with E-state index in [1.807, 2.05) is 35.0 Å². The van der Waals surface area contributed by atoms with Crippen molar-refractivity contribution < 1.29 is 14.3 Å². The van der Waals surface area contributed by atoms with Gasteiger partial charge in [-0.3, -0.25) is 9.78 Å². The zero-order valence-corrected chi connectivity index (χ0v) is 17.3. The molecule has 6 rings (SSSR count). The first-order valence-corrected chi connectivity index (χ1v) is 10.3. The summed E-state index contributed by atoms with van der Waals surface area (Å²) >= 11 is 0. The van der Waals surface area contributed by atoms with Crippen LogP contribution in [0.1, 0.15) is 38.3 Å². The van der Waals surface area contributed by atoms with Crippen LogP contribution in [0, 0.1) is 5.41 Å². The number of ether oxygens (including phenoxy) is 2. The molecule has 1 N–H and O–H groups in total. The molecule has 0 radical (unpaired) electrons. The summed E-state index contributed by atoms with van der Waals surface area (Å²) in [5.41, 5.74) is 3.34. The molecule has 1 unspecified atom stereocenters. The van der Waals surface area contributed by atoms with Crippen LogP contribution in [-0.2, 0) is 4.79 Å². The normalized spacial score (nSPS) is 20.8. The van der Waals surface area contributed by atoms with Crippen LogP contribution in [0.25, 0.3) is 11.4 Å². The van der Waals surface area contributed by atoms with Crippen molar-refractivity contribution in [3.63, 3.8) is 0 Å². The zero-order valence-electron chi connectivity index (χ0n) is 17.3. The number of hydrogen-bond acceptors (Lipinski definition) is 7. The lowest BCUT2D eigenvalue weighted by Crippen LogP contribution is -2.36.